The van der Waals surface area contributed by atoms with E-state index in [2.05, 4.69) is 36.1 Å². The molecule has 28 heavy (non-hydrogen) atoms. The van der Waals surface area contributed by atoms with Crippen LogP contribution >= 0.6 is 11.8 Å². The van der Waals surface area contributed by atoms with Crippen molar-refractivity contribution in [1.29, 1.82) is 0 Å². The number of nitro benzene ring substituents is 1. The van der Waals surface area contributed by atoms with Gasteiger partial charge in [0.15, 0.2) is 0 Å². The predicted octanol–water partition coefficient (Wildman–Crippen LogP) is 3.00. The maximum atomic E-state index is 12.7. The van der Waals surface area contributed by atoms with Gasteiger partial charge in [0.25, 0.3) is 5.69 Å². The largest absolute Gasteiger partial charge is 0.300 e. The first kappa shape index (κ1) is 20.8. The van der Waals surface area contributed by atoms with Crippen molar-refractivity contribution < 1.29 is 13.3 Å². The zero-order valence-electron chi connectivity index (χ0n) is 15.7. The fraction of sp³-hybridized carbons (Fsp3) is 0.368. The zero-order chi connectivity index (χ0) is 20.1. The molecule has 0 N–H and O–H groups in total. The Bertz CT molecular complexity index is 907. The van der Waals surface area contributed by atoms with Gasteiger partial charge in [0.2, 0.25) is 10.0 Å². The lowest BCUT2D eigenvalue weighted by Gasteiger charge is -2.33. The molecule has 1 aliphatic heterocycles. The van der Waals surface area contributed by atoms with Crippen LogP contribution in [0.4, 0.5) is 5.69 Å². The topological polar surface area (TPSA) is 83.8 Å². The molecule has 0 unspecified atom stereocenters. The van der Waals surface area contributed by atoms with Crippen LogP contribution in [0.2, 0.25) is 0 Å². The monoisotopic (exact) mass is 421 g/mol. The van der Waals surface area contributed by atoms with E-state index in [1.165, 1.54) is 39.0 Å². The summed E-state index contributed by atoms with van der Waals surface area (Å²) in [6.07, 6.45) is 0. The minimum absolute atomic E-state index is 0.0986. The quantitative estimate of drug-likeness (QED) is 0.388. The van der Waals surface area contributed by atoms with Crippen LogP contribution in [0, 0.1) is 17.0 Å². The number of nitro groups is 1. The molecule has 0 atom stereocenters. The van der Waals surface area contributed by atoms with E-state index in [4.69, 9.17) is 0 Å². The summed E-state index contributed by atoms with van der Waals surface area (Å²) >= 11 is 1.80. The molecule has 2 aromatic carbocycles. The van der Waals surface area contributed by atoms with E-state index in [9.17, 15) is 18.5 Å². The third-order valence-electron chi connectivity index (χ3n) is 4.71. The summed E-state index contributed by atoms with van der Waals surface area (Å²) in [7, 11) is -3.62. The molecule has 0 aliphatic carbocycles. The van der Waals surface area contributed by atoms with Gasteiger partial charge in [-0.25, -0.2) is 8.42 Å². The zero-order valence-corrected chi connectivity index (χ0v) is 17.3. The Labute approximate surface area is 169 Å². The molecule has 1 fully saturated rings. The van der Waals surface area contributed by atoms with Gasteiger partial charge in [-0.1, -0.05) is 17.7 Å². The number of hydrogen-bond donors (Lipinski definition) is 0. The second kappa shape index (κ2) is 9.04. The average molecular weight is 422 g/mol. The maximum absolute atomic E-state index is 12.7. The molecule has 0 radical (unpaired) electrons. The Balaban J connectivity index is 1.49. The molecule has 0 aromatic heterocycles. The van der Waals surface area contributed by atoms with Crippen molar-refractivity contribution in [2.75, 3.05) is 38.5 Å². The third-order valence-corrected chi connectivity index (χ3v) is 7.62. The molecule has 1 saturated heterocycles. The maximum Gasteiger partial charge on any atom is 0.269 e. The molecule has 1 aliphatic rings. The molecular weight excluding hydrogens is 398 g/mol. The van der Waals surface area contributed by atoms with E-state index in [-0.39, 0.29) is 10.6 Å². The van der Waals surface area contributed by atoms with Crippen molar-refractivity contribution in [1.82, 2.24) is 9.21 Å². The summed E-state index contributed by atoms with van der Waals surface area (Å²) in [5.74, 6) is 0.957. The molecule has 2 aromatic rings. The minimum atomic E-state index is -3.62. The van der Waals surface area contributed by atoms with E-state index >= 15 is 0 Å². The molecule has 0 saturated carbocycles. The summed E-state index contributed by atoms with van der Waals surface area (Å²) in [5.41, 5.74) is 1.13. The summed E-state index contributed by atoms with van der Waals surface area (Å²) in [6.45, 7) is 5.19. The van der Waals surface area contributed by atoms with Crippen LogP contribution in [0.1, 0.15) is 5.56 Å². The number of thioether (sulfide) groups is 1. The van der Waals surface area contributed by atoms with E-state index in [0.29, 0.717) is 26.2 Å². The van der Waals surface area contributed by atoms with Gasteiger partial charge in [-0.15, -0.1) is 11.8 Å². The van der Waals surface area contributed by atoms with Crippen LogP contribution in [0.15, 0.2) is 58.3 Å². The van der Waals surface area contributed by atoms with Gasteiger partial charge >= 0.3 is 0 Å². The lowest BCUT2D eigenvalue weighted by Crippen LogP contribution is -2.49. The first-order valence-electron chi connectivity index (χ1n) is 9.03. The molecule has 9 heteroatoms. The van der Waals surface area contributed by atoms with Crippen molar-refractivity contribution in [2.24, 2.45) is 0 Å². The van der Waals surface area contributed by atoms with Crippen LogP contribution in [0.5, 0.6) is 0 Å². The lowest BCUT2D eigenvalue weighted by atomic mass is 10.2. The highest BCUT2D eigenvalue weighted by Gasteiger charge is 2.28. The molecule has 7 nitrogen and oxygen atoms in total. The first-order valence-corrected chi connectivity index (χ1v) is 11.5. The van der Waals surface area contributed by atoms with Crippen LogP contribution in [0.3, 0.4) is 0 Å². The van der Waals surface area contributed by atoms with Gasteiger partial charge in [0, 0.05) is 55.5 Å². The SMILES string of the molecule is Cc1ccc(SCCN2CCN(S(=O)(=O)c3ccc([N+](=O)[O-])cc3)CC2)cc1. The molecular formula is C19H23N3O4S2. The van der Waals surface area contributed by atoms with Crippen molar-refractivity contribution in [2.45, 2.75) is 16.7 Å². The number of aryl methyl sites for hydroxylation is 1. The summed E-state index contributed by atoms with van der Waals surface area (Å²) in [6, 6.07) is 13.5. The summed E-state index contributed by atoms with van der Waals surface area (Å²) in [4.78, 5) is 13.8. The standard InChI is InChI=1S/C19H23N3O4S2/c1-16-2-6-18(7-3-16)27-15-14-20-10-12-21(13-11-20)28(25,26)19-8-4-17(5-9-19)22(23)24/h2-9H,10-15H2,1H3. The predicted molar refractivity (Wildman–Crippen MR) is 110 cm³/mol. The number of hydrogen-bond acceptors (Lipinski definition) is 6. The Hall–Kier alpha value is -1.94. The second-order valence-corrected chi connectivity index (χ2v) is 9.76. The van der Waals surface area contributed by atoms with Crippen LogP contribution in [-0.2, 0) is 10.0 Å². The van der Waals surface area contributed by atoms with Crippen molar-refractivity contribution in [3.05, 3.63) is 64.2 Å². The molecule has 1 heterocycles. The Morgan fingerprint density at radius 2 is 1.61 bits per heavy atom. The molecule has 0 bridgehead atoms. The second-order valence-electron chi connectivity index (χ2n) is 6.66. The van der Waals surface area contributed by atoms with Gasteiger partial charge in [0.05, 0.1) is 9.82 Å². The fourth-order valence-corrected chi connectivity index (χ4v) is 5.35. The van der Waals surface area contributed by atoms with Crippen molar-refractivity contribution in [3.63, 3.8) is 0 Å². The number of benzene rings is 2. The summed E-state index contributed by atoms with van der Waals surface area (Å²) < 4.78 is 26.9. The van der Waals surface area contributed by atoms with Crippen molar-refractivity contribution >= 4 is 27.5 Å². The normalized spacial score (nSPS) is 16.2. The van der Waals surface area contributed by atoms with Crippen LogP contribution in [-0.4, -0.2) is 61.0 Å². The van der Waals surface area contributed by atoms with Crippen LogP contribution in [0.25, 0.3) is 0 Å². The lowest BCUT2D eigenvalue weighted by molar-refractivity contribution is -0.384. The Kier molecular flexibility index (Phi) is 6.71. The first-order chi connectivity index (χ1) is 13.4. The average Bonchev–Trinajstić information content (AvgIpc) is 2.70. The number of sulfonamides is 1. The van der Waals surface area contributed by atoms with Gasteiger partial charge in [-0.2, -0.15) is 4.31 Å². The van der Waals surface area contributed by atoms with Gasteiger partial charge in [-0.3, -0.25) is 15.0 Å². The molecule has 150 valence electrons. The molecule has 0 amide bonds. The fourth-order valence-electron chi connectivity index (χ4n) is 3.01. The van der Waals surface area contributed by atoms with Gasteiger partial charge in [0.1, 0.15) is 0 Å². The Morgan fingerprint density at radius 1 is 1.00 bits per heavy atom. The van der Waals surface area contributed by atoms with E-state index in [1.54, 1.807) is 11.8 Å². The highest BCUT2D eigenvalue weighted by molar-refractivity contribution is 7.99. The van der Waals surface area contributed by atoms with Gasteiger partial charge in [-0.05, 0) is 31.2 Å². The highest BCUT2D eigenvalue weighted by atomic mass is 32.2. The van der Waals surface area contributed by atoms with E-state index in [1.807, 2.05) is 0 Å². The van der Waals surface area contributed by atoms with Gasteiger partial charge < -0.3 is 0 Å². The van der Waals surface area contributed by atoms with E-state index < -0.39 is 14.9 Å². The van der Waals surface area contributed by atoms with Crippen LogP contribution < -0.4 is 0 Å². The Morgan fingerprint density at radius 3 is 2.18 bits per heavy atom. The number of rotatable bonds is 7. The molecule has 3 rings (SSSR count). The smallest absolute Gasteiger partial charge is 0.269 e. The highest BCUT2D eigenvalue weighted by Crippen LogP contribution is 2.22. The number of non-ortho nitro benzene ring substituents is 1. The van der Waals surface area contributed by atoms with E-state index in [0.717, 1.165) is 12.3 Å². The van der Waals surface area contributed by atoms with Crippen molar-refractivity contribution in [3.8, 4) is 0 Å². The third kappa shape index (κ3) is 5.11. The minimum Gasteiger partial charge on any atom is -0.300 e. The number of piperazine rings is 1. The number of nitrogens with zero attached hydrogens (tertiary/aromatic N) is 3. The summed E-state index contributed by atoms with van der Waals surface area (Å²) in [5, 5.41) is 10.7. The molecule has 0 spiro atoms.